The highest BCUT2D eigenvalue weighted by Gasteiger charge is 2.04. The van der Waals surface area contributed by atoms with E-state index in [9.17, 15) is 0 Å². The number of halogens is 1. The predicted molar refractivity (Wildman–Crippen MR) is 137 cm³/mol. The van der Waals surface area contributed by atoms with Crippen molar-refractivity contribution >= 4 is 21.5 Å². The van der Waals surface area contributed by atoms with Gasteiger partial charge in [0, 0.05) is 22.9 Å². The Bertz CT molecular complexity index is 1150. The Morgan fingerprint density at radius 3 is 1.21 bits per heavy atom. The molecule has 0 aliphatic heterocycles. The topological polar surface area (TPSA) is 118 Å². The van der Waals surface area contributed by atoms with Crippen molar-refractivity contribution in [3.8, 4) is 0 Å². The lowest BCUT2D eigenvalue weighted by atomic mass is 10.1. The average molecular weight is 558 g/mol. The molecule has 8 nitrogen and oxygen atoms in total. The predicted octanol–water partition coefficient (Wildman–Crippen LogP) is 1.58. The summed E-state index contributed by atoms with van der Waals surface area (Å²) in [5, 5.41) is 5.05. The molecule has 0 unspecified atom stereocenters. The van der Waals surface area contributed by atoms with Crippen molar-refractivity contribution in [2.45, 2.75) is 64.8 Å². The molecule has 2 heterocycles. The lowest BCUT2D eigenvalue weighted by Crippen LogP contribution is -2.68. The van der Waals surface area contributed by atoms with Crippen LogP contribution in [0.2, 0.25) is 0 Å². The second-order valence-electron chi connectivity index (χ2n) is 9.46. The summed E-state index contributed by atoms with van der Waals surface area (Å²) in [7, 11) is -4.94. The summed E-state index contributed by atoms with van der Waals surface area (Å²) in [6.07, 6.45) is 18.6. The van der Waals surface area contributed by atoms with Gasteiger partial charge in [-0.25, -0.2) is 18.6 Å². The zero-order chi connectivity index (χ0) is 27.8. The van der Waals surface area contributed by atoms with Crippen LogP contribution >= 0.6 is 0 Å². The molecule has 2 aromatic carbocycles. The van der Waals surface area contributed by atoms with Gasteiger partial charge in [0.2, 0.25) is 0 Å². The first-order valence-electron chi connectivity index (χ1n) is 13.4. The van der Waals surface area contributed by atoms with Gasteiger partial charge in [-0.05, 0) is 35.7 Å². The normalized spacial score (nSPS) is 11.5. The summed E-state index contributed by atoms with van der Waals surface area (Å²) < 4.78 is 49.9. The smallest absolute Gasteiger partial charge is 0.252 e. The third-order valence-corrected chi connectivity index (χ3v) is 6.30. The van der Waals surface area contributed by atoms with Gasteiger partial charge in [-0.3, -0.25) is 0 Å². The van der Waals surface area contributed by atoms with Crippen molar-refractivity contribution in [2.75, 3.05) is 13.2 Å². The van der Waals surface area contributed by atoms with E-state index in [1.807, 2.05) is 0 Å². The summed E-state index contributed by atoms with van der Waals surface area (Å²) in [6, 6.07) is 21.2. The summed E-state index contributed by atoms with van der Waals surface area (Å²) in [4.78, 5) is 0. The highest BCUT2D eigenvalue weighted by molar-refractivity contribution is 5.80. The van der Waals surface area contributed by atoms with Crippen LogP contribution in [0.25, 0.3) is 21.5 Å². The number of hydrogen-bond acceptors (Lipinski definition) is 6. The second kappa shape index (κ2) is 17.1. The van der Waals surface area contributed by atoms with Crippen LogP contribution in [0.4, 0.5) is 0 Å². The van der Waals surface area contributed by atoms with Gasteiger partial charge in [-0.1, -0.05) is 74.9 Å². The fraction of sp³-hybridized carbons (Fsp3) is 0.400. The maximum Gasteiger partial charge on any atom is 0.252 e. The summed E-state index contributed by atoms with van der Waals surface area (Å²) in [5.74, 6) is 0. The Hall–Kier alpha value is -2.69. The number of hydrogen-bond donors (Lipinski definition) is 0. The van der Waals surface area contributed by atoms with Crippen molar-refractivity contribution in [1.82, 2.24) is 0 Å². The van der Waals surface area contributed by atoms with E-state index in [2.05, 4.69) is 94.6 Å². The average Bonchev–Trinajstić information content (AvgIpc) is 2.92. The van der Waals surface area contributed by atoms with E-state index in [1.165, 1.54) is 60.1 Å². The quantitative estimate of drug-likeness (QED) is 0.162. The molecule has 0 saturated heterocycles. The van der Waals surface area contributed by atoms with E-state index < -0.39 is 10.2 Å². The molecule has 0 N–H and O–H groups in total. The summed E-state index contributed by atoms with van der Waals surface area (Å²) in [5.41, 5.74) is 0. The highest BCUT2D eigenvalue weighted by atomic mass is 35.7. The number of pyridine rings is 2. The molecule has 0 radical (unpaired) electrons. The Morgan fingerprint density at radius 1 is 0.487 bits per heavy atom. The van der Waals surface area contributed by atoms with Gasteiger partial charge in [0.15, 0.2) is 24.8 Å². The molecule has 0 bridgehead atoms. The van der Waals surface area contributed by atoms with Gasteiger partial charge in [-0.2, -0.15) is 9.13 Å². The molecule has 9 heteroatoms. The van der Waals surface area contributed by atoms with E-state index in [4.69, 9.17) is 28.1 Å². The lowest BCUT2D eigenvalue weighted by molar-refractivity contribution is -2.00. The van der Waals surface area contributed by atoms with Crippen LogP contribution < -0.4 is 27.8 Å². The van der Waals surface area contributed by atoms with Crippen LogP contribution in [-0.4, -0.2) is 13.2 Å². The Kier molecular flexibility index (Phi) is 13.5. The van der Waals surface area contributed by atoms with Gasteiger partial charge in [0.05, 0.1) is 13.2 Å². The molecule has 0 spiro atoms. The van der Waals surface area contributed by atoms with Gasteiger partial charge in [-0.15, -0.1) is 10.2 Å². The number of unbranched alkanes of at least 4 members (excludes halogenated alkanes) is 7. The first-order chi connectivity index (χ1) is 18.9. The molecule has 39 heavy (non-hydrogen) atoms. The number of aromatic nitrogens is 2. The molecular weight excluding hydrogens is 520 g/mol. The molecule has 4 aromatic rings. The third-order valence-electron chi connectivity index (χ3n) is 6.30. The van der Waals surface area contributed by atoms with Crippen molar-refractivity contribution in [1.29, 1.82) is 0 Å². The molecule has 0 aliphatic carbocycles. The molecule has 210 valence electrons. The molecule has 4 rings (SSSR count). The maximum absolute atomic E-state index is 8.49. The molecule has 0 saturated carbocycles. The Balaban J connectivity index is 0.000000771. The number of nitrogens with zero attached hydrogens (tertiary/aromatic N) is 2. The van der Waals surface area contributed by atoms with Gasteiger partial charge in [0.1, 0.15) is 0 Å². The zero-order valence-electron chi connectivity index (χ0n) is 22.3. The van der Waals surface area contributed by atoms with E-state index in [-0.39, 0.29) is 0 Å². The fourth-order valence-corrected chi connectivity index (χ4v) is 4.33. The van der Waals surface area contributed by atoms with E-state index >= 15 is 0 Å². The van der Waals surface area contributed by atoms with Gasteiger partial charge < -0.3 is 9.47 Å². The zero-order valence-corrected chi connectivity index (χ0v) is 23.0. The van der Waals surface area contributed by atoms with E-state index in [0.717, 1.165) is 26.1 Å². The molecule has 2 aromatic heterocycles. The molecule has 0 fully saturated rings. The number of ether oxygens (including phenoxy) is 2. The SMILES string of the molecule is [O-][Cl+3]([O-])([O-])[O-].c1ccc2c[n+](COCCCCCCCCCCOC[n+]3ccc4ccccc4c3)ccc2c1. The van der Waals surface area contributed by atoms with Crippen LogP contribution in [0.5, 0.6) is 0 Å². The highest BCUT2D eigenvalue weighted by Crippen LogP contribution is 2.11. The number of rotatable bonds is 15. The number of fused-ring (bicyclic) bond motifs is 2. The molecule has 0 atom stereocenters. The first kappa shape index (κ1) is 30.8. The molecular formula is C30H38ClN2O6+. The monoisotopic (exact) mass is 557 g/mol. The Labute approximate surface area is 232 Å². The second-order valence-corrected chi connectivity index (χ2v) is 10.2. The largest absolute Gasteiger partial charge is 0.323 e. The van der Waals surface area contributed by atoms with Crippen LogP contribution in [0, 0.1) is 10.2 Å². The minimum absolute atomic E-state index is 0.631. The number of benzene rings is 2. The van der Waals surface area contributed by atoms with Crippen LogP contribution in [0.3, 0.4) is 0 Å². The summed E-state index contributed by atoms with van der Waals surface area (Å²) in [6.45, 7) is 2.94. The first-order valence-corrected chi connectivity index (χ1v) is 14.6. The van der Waals surface area contributed by atoms with E-state index in [1.54, 1.807) is 0 Å². The lowest BCUT2D eigenvalue weighted by Gasteiger charge is -2.17. The molecule has 0 aliphatic rings. The minimum atomic E-state index is -4.94. The molecule has 0 amide bonds. The van der Waals surface area contributed by atoms with Gasteiger partial charge >= 0.3 is 0 Å². The Morgan fingerprint density at radius 2 is 0.821 bits per heavy atom. The van der Waals surface area contributed by atoms with Gasteiger partial charge in [0.25, 0.3) is 13.5 Å². The minimum Gasteiger partial charge on any atom is -0.323 e. The van der Waals surface area contributed by atoms with Crippen LogP contribution in [-0.2, 0) is 22.9 Å². The van der Waals surface area contributed by atoms with Crippen LogP contribution in [0.1, 0.15) is 51.4 Å². The fourth-order valence-electron chi connectivity index (χ4n) is 4.33. The van der Waals surface area contributed by atoms with Crippen molar-refractivity contribution < 1.29 is 47.5 Å². The van der Waals surface area contributed by atoms with E-state index in [0.29, 0.717) is 13.5 Å². The van der Waals surface area contributed by atoms with Crippen molar-refractivity contribution in [3.05, 3.63) is 85.5 Å². The van der Waals surface area contributed by atoms with Crippen molar-refractivity contribution in [2.24, 2.45) is 0 Å². The maximum atomic E-state index is 8.49. The van der Waals surface area contributed by atoms with Crippen LogP contribution in [0.15, 0.2) is 85.5 Å². The summed E-state index contributed by atoms with van der Waals surface area (Å²) >= 11 is 0. The third kappa shape index (κ3) is 13.3. The van der Waals surface area contributed by atoms with Crippen molar-refractivity contribution in [3.63, 3.8) is 0 Å². The standard InChI is InChI=1S/C30H38N2O2.ClHO4/c1(3-5-11-21-33-25-31-19-17-27-13-7-9-15-29(27)23-31)2-4-6-12-22-34-26-32-20-18-28-14-8-10-16-30(28)24-32;2-1(3,4)5/h7-10,13-20,23-24H,1-6,11-12,21-22,25-26H2;(H,2,3,4,5)/q+2;/p-1.